The molecule has 0 spiro atoms. The molecule has 224 valence electrons. The molecule has 3 aliphatic rings. The van der Waals surface area contributed by atoms with E-state index < -0.39 is 12.1 Å². The Balaban J connectivity index is 1.39. The first-order valence-electron chi connectivity index (χ1n) is 15.7. The maximum atomic E-state index is 11.1. The van der Waals surface area contributed by atoms with Gasteiger partial charge in [-0.3, -0.25) is 4.79 Å². The first kappa shape index (κ1) is 31.2. The molecule has 2 saturated heterocycles. The Bertz CT molecular complexity index is 863. The molecule has 0 bridgehead atoms. The molecule has 3 fully saturated rings. The quantitative estimate of drug-likeness (QED) is 0.179. The van der Waals surface area contributed by atoms with Gasteiger partial charge in [-0.25, -0.2) is 0 Å². The zero-order valence-corrected chi connectivity index (χ0v) is 24.0. The third-order valence-corrected chi connectivity index (χ3v) is 8.70. The summed E-state index contributed by atoms with van der Waals surface area (Å²) < 4.78 is 24.9. The number of hydrogen-bond acceptors (Lipinski definition) is 6. The van der Waals surface area contributed by atoms with Crippen molar-refractivity contribution < 1.29 is 34.0 Å². The standard InChI is InChI=1S/C33H50O7/c34-29-24-30(40-33-17-9-11-23-38-33)28(27(29)14-6-1-2-7-15-31(35)36)21-20-26(39-32-16-8-10-22-37-32)19-18-25-12-4-3-5-13-25/h1,3-6,12-13,26-30,32-34H,2,7-11,14-24H2,(H,35,36)/b6-1-/t26?,27?,28-,29+,30-,32?,33?/m1/s1. The summed E-state index contributed by atoms with van der Waals surface area (Å²) in [5, 5.41) is 20.0. The Hall–Kier alpha value is -1.77. The molecule has 4 rings (SSSR count). The van der Waals surface area contributed by atoms with Crippen molar-refractivity contribution in [1.82, 2.24) is 0 Å². The van der Waals surface area contributed by atoms with Gasteiger partial charge in [-0.15, -0.1) is 0 Å². The molecule has 2 aliphatic heterocycles. The third kappa shape index (κ3) is 10.6. The number of ether oxygens (including phenoxy) is 4. The fraction of sp³-hybridized carbons (Fsp3) is 0.727. The number of unbranched alkanes of at least 4 members (excludes halogenated alkanes) is 1. The minimum absolute atomic E-state index is 0.0378. The number of rotatable bonds is 16. The van der Waals surface area contributed by atoms with E-state index in [1.165, 1.54) is 5.56 Å². The van der Waals surface area contributed by atoms with Gasteiger partial charge >= 0.3 is 5.97 Å². The number of carboxylic acid groups (broad SMARTS) is 1. The number of aryl methyl sites for hydroxylation is 1. The van der Waals surface area contributed by atoms with Crippen LogP contribution in [0.5, 0.6) is 0 Å². The van der Waals surface area contributed by atoms with Gasteiger partial charge in [-0.2, -0.15) is 0 Å². The van der Waals surface area contributed by atoms with Gasteiger partial charge in [0, 0.05) is 26.1 Å². The minimum Gasteiger partial charge on any atom is -0.481 e. The SMILES string of the molecule is O=C(O)CCC/C=C\CC1[C@@H](CCC(CCc2ccccc2)OC2CCCCO2)[C@H](OC2CCCCO2)C[C@@H]1O. The second-order valence-electron chi connectivity index (χ2n) is 11.8. The van der Waals surface area contributed by atoms with Gasteiger partial charge in [0.1, 0.15) is 0 Å². The molecule has 0 radical (unpaired) electrons. The highest BCUT2D eigenvalue weighted by molar-refractivity contribution is 5.66. The number of aliphatic hydroxyl groups excluding tert-OH is 1. The zero-order chi connectivity index (χ0) is 28.0. The zero-order valence-electron chi connectivity index (χ0n) is 24.0. The van der Waals surface area contributed by atoms with Crippen LogP contribution in [0.1, 0.15) is 95.5 Å². The Morgan fingerprint density at radius 3 is 2.42 bits per heavy atom. The van der Waals surface area contributed by atoms with Crippen molar-refractivity contribution in [2.24, 2.45) is 11.8 Å². The van der Waals surface area contributed by atoms with Crippen LogP contribution in [-0.2, 0) is 30.2 Å². The van der Waals surface area contributed by atoms with Crippen LogP contribution in [0.2, 0.25) is 0 Å². The average Bonchev–Trinajstić information content (AvgIpc) is 3.26. The van der Waals surface area contributed by atoms with E-state index in [4.69, 9.17) is 24.1 Å². The van der Waals surface area contributed by atoms with Crippen LogP contribution in [0.25, 0.3) is 0 Å². The van der Waals surface area contributed by atoms with Crippen molar-refractivity contribution in [3.05, 3.63) is 48.0 Å². The summed E-state index contributed by atoms with van der Waals surface area (Å²) in [5.74, 6) is -0.448. The number of hydrogen-bond donors (Lipinski definition) is 2. The smallest absolute Gasteiger partial charge is 0.303 e. The molecule has 7 atom stereocenters. The molecule has 4 unspecified atom stereocenters. The van der Waals surface area contributed by atoms with Crippen LogP contribution in [0.15, 0.2) is 42.5 Å². The van der Waals surface area contributed by atoms with Crippen LogP contribution in [0.4, 0.5) is 0 Å². The molecule has 2 N–H and O–H groups in total. The summed E-state index contributed by atoms with van der Waals surface area (Å²) in [4.78, 5) is 10.8. The normalized spacial score (nSPS) is 30.0. The molecule has 7 heteroatoms. The maximum absolute atomic E-state index is 11.1. The molecular formula is C33H50O7. The van der Waals surface area contributed by atoms with E-state index in [0.717, 1.165) is 90.3 Å². The highest BCUT2D eigenvalue weighted by atomic mass is 16.7. The summed E-state index contributed by atoms with van der Waals surface area (Å²) in [6, 6.07) is 10.6. The largest absolute Gasteiger partial charge is 0.481 e. The van der Waals surface area contributed by atoms with Gasteiger partial charge in [0.2, 0.25) is 0 Å². The summed E-state index contributed by atoms with van der Waals surface area (Å²) >= 11 is 0. The molecule has 1 aliphatic carbocycles. The van der Waals surface area contributed by atoms with Gasteiger partial charge in [0.25, 0.3) is 0 Å². The number of carbonyl (C=O) groups is 1. The number of benzene rings is 1. The third-order valence-electron chi connectivity index (χ3n) is 8.70. The predicted molar refractivity (Wildman–Crippen MR) is 154 cm³/mol. The summed E-state index contributed by atoms with van der Waals surface area (Å²) in [6.45, 7) is 1.51. The summed E-state index contributed by atoms with van der Waals surface area (Å²) in [7, 11) is 0. The van der Waals surface area contributed by atoms with E-state index in [9.17, 15) is 9.90 Å². The van der Waals surface area contributed by atoms with E-state index in [2.05, 4.69) is 42.5 Å². The molecule has 1 aromatic carbocycles. The highest BCUT2D eigenvalue weighted by Gasteiger charge is 2.43. The van der Waals surface area contributed by atoms with Crippen molar-refractivity contribution in [3.63, 3.8) is 0 Å². The molecule has 0 aromatic heterocycles. The lowest BCUT2D eigenvalue weighted by molar-refractivity contribution is -0.200. The fourth-order valence-corrected chi connectivity index (χ4v) is 6.46. The summed E-state index contributed by atoms with van der Waals surface area (Å²) in [5.41, 5.74) is 1.32. The van der Waals surface area contributed by atoms with Crippen LogP contribution < -0.4 is 0 Å². The minimum atomic E-state index is -0.757. The monoisotopic (exact) mass is 558 g/mol. The molecular weight excluding hydrogens is 508 g/mol. The molecule has 1 aromatic rings. The Kier molecular flexibility index (Phi) is 13.4. The lowest BCUT2D eigenvalue weighted by atomic mass is 9.85. The topological polar surface area (TPSA) is 94.5 Å². The van der Waals surface area contributed by atoms with Crippen LogP contribution >= 0.6 is 0 Å². The number of aliphatic carboxylic acids is 1. The number of allylic oxidation sites excluding steroid dienone is 2. The highest BCUT2D eigenvalue weighted by Crippen LogP contribution is 2.41. The molecule has 7 nitrogen and oxygen atoms in total. The van der Waals surface area contributed by atoms with E-state index >= 15 is 0 Å². The van der Waals surface area contributed by atoms with Gasteiger partial charge in [0.05, 0.1) is 18.3 Å². The molecule has 0 amide bonds. The first-order chi connectivity index (χ1) is 19.6. The van der Waals surface area contributed by atoms with Crippen molar-refractivity contribution in [2.45, 2.75) is 127 Å². The molecule has 1 saturated carbocycles. The molecule has 40 heavy (non-hydrogen) atoms. The van der Waals surface area contributed by atoms with E-state index in [0.29, 0.717) is 12.8 Å². The second-order valence-corrected chi connectivity index (χ2v) is 11.8. The van der Waals surface area contributed by atoms with Crippen molar-refractivity contribution >= 4 is 5.97 Å². The van der Waals surface area contributed by atoms with Crippen molar-refractivity contribution in [2.75, 3.05) is 13.2 Å². The Morgan fingerprint density at radius 2 is 1.73 bits per heavy atom. The van der Waals surface area contributed by atoms with Gasteiger partial charge in [0.15, 0.2) is 12.6 Å². The van der Waals surface area contributed by atoms with Gasteiger partial charge < -0.3 is 29.2 Å². The van der Waals surface area contributed by atoms with Crippen molar-refractivity contribution in [3.8, 4) is 0 Å². The molecule has 2 heterocycles. The van der Waals surface area contributed by atoms with Gasteiger partial charge in [-0.1, -0.05) is 42.5 Å². The van der Waals surface area contributed by atoms with Crippen molar-refractivity contribution in [1.29, 1.82) is 0 Å². The second kappa shape index (κ2) is 17.2. The van der Waals surface area contributed by atoms with Gasteiger partial charge in [-0.05, 0) is 101 Å². The number of carboxylic acids is 1. The van der Waals surface area contributed by atoms with E-state index in [1.54, 1.807) is 0 Å². The first-order valence-corrected chi connectivity index (χ1v) is 15.7. The Morgan fingerprint density at radius 1 is 0.975 bits per heavy atom. The van der Waals surface area contributed by atoms with Crippen LogP contribution in [-0.4, -0.2) is 60.3 Å². The fourth-order valence-electron chi connectivity index (χ4n) is 6.46. The maximum Gasteiger partial charge on any atom is 0.303 e. The summed E-state index contributed by atoms with van der Waals surface area (Å²) in [6.07, 6.45) is 16.5. The van der Waals surface area contributed by atoms with Crippen LogP contribution in [0, 0.1) is 11.8 Å². The van der Waals surface area contributed by atoms with E-state index in [1.807, 2.05) is 0 Å². The average molecular weight is 559 g/mol. The van der Waals surface area contributed by atoms with E-state index in [-0.39, 0.29) is 43.0 Å². The Labute approximate surface area is 240 Å². The lowest BCUT2D eigenvalue weighted by Crippen LogP contribution is -2.33. The predicted octanol–water partition coefficient (Wildman–Crippen LogP) is 6.42. The van der Waals surface area contributed by atoms with Crippen LogP contribution in [0.3, 0.4) is 0 Å². The lowest BCUT2D eigenvalue weighted by Gasteiger charge is -2.32. The number of aliphatic hydroxyl groups is 1.